The van der Waals surface area contributed by atoms with Crippen molar-refractivity contribution in [2.24, 2.45) is 4.99 Å². The van der Waals surface area contributed by atoms with Crippen molar-refractivity contribution in [1.82, 2.24) is 4.90 Å². The summed E-state index contributed by atoms with van der Waals surface area (Å²) in [5.74, 6) is 0.833. The molecule has 0 rings (SSSR count). The Hall–Kier alpha value is -0.227. The summed E-state index contributed by atoms with van der Waals surface area (Å²) in [5, 5.41) is 7.89. The minimum atomic E-state index is 0. The molecule has 0 spiro atoms. The number of rotatable bonds is 2. The smallest absolute Gasteiger partial charge is 0.00911 e. The number of aliphatic imine (C=N–C) groups is 1. The summed E-state index contributed by atoms with van der Waals surface area (Å²) < 4.78 is 0. The van der Waals surface area contributed by atoms with Gasteiger partial charge in [0, 0.05) is 23.6 Å². The van der Waals surface area contributed by atoms with Crippen LogP contribution in [0, 0.1) is 0 Å². The Morgan fingerprint density at radius 1 is 1.06 bits per heavy atom. The van der Waals surface area contributed by atoms with Crippen LogP contribution in [0.5, 0.6) is 0 Å². The Morgan fingerprint density at radius 3 is 1.62 bits per heavy atom. The third-order valence-corrected chi connectivity index (χ3v) is 1.15. The van der Waals surface area contributed by atoms with Crippen LogP contribution >= 0.6 is 0 Å². The fraction of sp³-hybridized carbons (Fsp3) is 0.909. The zero-order valence-corrected chi connectivity index (χ0v) is 14.0. The van der Waals surface area contributed by atoms with Crippen molar-refractivity contribution >= 4 is 23.6 Å². The summed E-state index contributed by atoms with van der Waals surface area (Å²) in [5.41, 5.74) is 0. The molecule has 4 radical (unpaired) electrons. The molecule has 0 N–H and O–H groups in total. The molecule has 5 heteroatoms. The monoisotopic (exact) mass is 288 g/mol. The summed E-state index contributed by atoms with van der Waals surface area (Å²) in [4.78, 5) is 6.34. The average Bonchev–Trinajstić information content (AvgIpc) is 2.02. The molecular weight excluding hydrogens is 261 g/mol. The van der Waals surface area contributed by atoms with Gasteiger partial charge in [-0.1, -0.05) is 27.7 Å². The zero-order valence-electron chi connectivity index (χ0n) is 11.9. The maximum Gasteiger partial charge on any atom is 0.00911 e. The maximum absolute atomic E-state index is 4.39. The summed E-state index contributed by atoms with van der Waals surface area (Å²) in [6.45, 7) is 8.22. The van der Waals surface area contributed by atoms with Crippen molar-refractivity contribution in [3.8, 4) is 0 Å². The zero-order chi connectivity index (χ0) is 12.4. The van der Waals surface area contributed by atoms with E-state index in [0.29, 0.717) is 12.1 Å². The molecule has 0 aliphatic heterocycles. The SMILES string of the molecule is CC(C)N=C([N-]C(C)C)N(C)C.C[N-]C.[Ge]. The van der Waals surface area contributed by atoms with E-state index >= 15 is 0 Å². The molecule has 4 nitrogen and oxygen atoms in total. The summed E-state index contributed by atoms with van der Waals surface area (Å²) in [6, 6.07) is 0.620. The molecule has 96 valence electrons. The molecule has 0 heterocycles. The molecule has 0 aromatic rings. The second-order valence-corrected chi connectivity index (χ2v) is 4.09. The summed E-state index contributed by atoms with van der Waals surface area (Å²) in [6.07, 6.45) is 0. The van der Waals surface area contributed by atoms with E-state index in [-0.39, 0.29) is 17.6 Å². The predicted molar refractivity (Wildman–Crippen MR) is 75.7 cm³/mol. The minimum absolute atomic E-state index is 0. The van der Waals surface area contributed by atoms with Crippen LogP contribution < -0.4 is 0 Å². The van der Waals surface area contributed by atoms with Gasteiger partial charge in [0.2, 0.25) is 0 Å². The first-order chi connectivity index (χ1) is 6.84. The Kier molecular flexibility index (Phi) is 16.9. The van der Waals surface area contributed by atoms with Gasteiger partial charge in [-0.05, 0) is 26.2 Å². The third-order valence-electron chi connectivity index (χ3n) is 1.15. The maximum atomic E-state index is 4.39. The standard InChI is InChI=1S/C9H20N3.C2H6N.Ge/c1-7(2)10-9(12(5)6)11-8(3)4;1-3-2;/h7-8H,1-6H3;1-2H3;/q2*-1;. The molecule has 0 atom stereocenters. The summed E-state index contributed by atoms with van der Waals surface area (Å²) >= 11 is 0. The largest absolute Gasteiger partial charge is 0.668 e. The van der Waals surface area contributed by atoms with Gasteiger partial charge in [0.1, 0.15) is 0 Å². The van der Waals surface area contributed by atoms with E-state index in [4.69, 9.17) is 0 Å². The van der Waals surface area contributed by atoms with Crippen LogP contribution in [0.25, 0.3) is 10.6 Å². The van der Waals surface area contributed by atoms with Crippen LogP contribution in [-0.2, 0) is 0 Å². The summed E-state index contributed by atoms with van der Waals surface area (Å²) in [7, 11) is 7.43. The molecule has 0 aromatic heterocycles. The van der Waals surface area contributed by atoms with E-state index in [2.05, 4.69) is 43.3 Å². The number of hydrogen-bond acceptors (Lipinski definition) is 1. The first kappa shape index (κ1) is 21.1. The van der Waals surface area contributed by atoms with Gasteiger partial charge in [0.25, 0.3) is 0 Å². The van der Waals surface area contributed by atoms with Gasteiger partial charge in [0.05, 0.1) is 0 Å². The molecule has 0 aliphatic rings. The van der Waals surface area contributed by atoms with Gasteiger partial charge < -0.3 is 20.5 Å². The van der Waals surface area contributed by atoms with Crippen molar-refractivity contribution in [3.63, 3.8) is 0 Å². The van der Waals surface area contributed by atoms with Gasteiger partial charge in [0.15, 0.2) is 0 Å². The van der Waals surface area contributed by atoms with E-state index < -0.39 is 0 Å². The van der Waals surface area contributed by atoms with Crippen molar-refractivity contribution < 1.29 is 0 Å². The minimum Gasteiger partial charge on any atom is -0.668 e. The molecule has 0 saturated carbocycles. The van der Waals surface area contributed by atoms with Gasteiger partial charge in [-0.3, -0.25) is 0 Å². The van der Waals surface area contributed by atoms with Crippen LogP contribution in [0.15, 0.2) is 4.99 Å². The van der Waals surface area contributed by atoms with Crippen molar-refractivity contribution in [3.05, 3.63) is 10.6 Å². The second kappa shape index (κ2) is 12.8. The molecule has 16 heavy (non-hydrogen) atoms. The topological polar surface area (TPSA) is 43.8 Å². The second-order valence-electron chi connectivity index (χ2n) is 4.09. The van der Waals surface area contributed by atoms with Crippen molar-refractivity contribution in [1.29, 1.82) is 0 Å². The molecule has 0 aromatic carbocycles. The van der Waals surface area contributed by atoms with Crippen LogP contribution in [-0.4, -0.2) is 68.7 Å². The Bertz CT molecular complexity index is 167. The van der Waals surface area contributed by atoms with Crippen molar-refractivity contribution in [2.45, 2.75) is 39.8 Å². The molecular formula is C11H26GeN4-2. The average molecular weight is 287 g/mol. The van der Waals surface area contributed by atoms with E-state index in [1.165, 1.54) is 0 Å². The fourth-order valence-electron chi connectivity index (χ4n) is 0.726. The van der Waals surface area contributed by atoms with E-state index in [0.717, 1.165) is 5.96 Å². The Morgan fingerprint density at radius 2 is 1.44 bits per heavy atom. The molecule has 0 aliphatic carbocycles. The van der Waals surface area contributed by atoms with E-state index in [1.807, 2.05) is 19.0 Å². The van der Waals surface area contributed by atoms with Gasteiger partial charge in [-0.2, -0.15) is 14.1 Å². The van der Waals surface area contributed by atoms with Crippen LogP contribution in [0.1, 0.15) is 27.7 Å². The molecule has 0 unspecified atom stereocenters. The molecule has 0 saturated heterocycles. The number of nitrogens with zero attached hydrogens (tertiary/aromatic N) is 4. The number of hydrogen-bond donors (Lipinski definition) is 0. The number of guanidine groups is 1. The fourth-order valence-corrected chi connectivity index (χ4v) is 0.726. The quantitative estimate of drug-likeness (QED) is 0.436. The predicted octanol–water partition coefficient (Wildman–Crippen LogP) is 2.33. The van der Waals surface area contributed by atoms with E-state index in [9.17, 15) is 0 Å². The van der Waals surface area contributed by atoms with Gasteiger partial charge >= 0.3 is 0 Å². The first-order valence-electron chi connectivity index (χ1n) is 5.29. The van der Waals surface area contributed by atoms with Crippen LogP contribution in [0.4, 0.5) is 0 Å². The normalized spacial score (nSPS) is 10.5. The Labute approximate surface area is 112 Å². The van der Waals surface area contributed by atoms with Crippen LogP contribution in [0.2, 0.25) is 0 Å². The molecule has 0 amide bonds. The van der Waals surface area contributed by atoms with Gasteiger partial charge in [-0.15, -0.1) is 0 Å². The van der Waals surface area contributed by atoms with Gasteiger partial charge in [-0.25, -0.2) is 0 Å². The van der Waals surface area contributed by atoms with Crippen LogP contribution in [0.3, 0.4) is 0 Å². The molecule has 0 fully saturated rings. The third kappa shape index (κ3) is 16.2. The van der Waals surface area contributed by atoms with Crippen molar-refractivity contribution in [2.75, 3.05) is 28.2 Å². The Balaban J connectivity index is -0.000000377. The van der Waals surface area contributed by atoms with E-state index in [1.54, 1.807) is 14.1 Å². The first-order valence-corrected chi connectivity index (χ1v) is 5.29. The molecule has 0 bridgehead atoms.